The fourth-order valence-corrected chi connectivity index (χ4v) is 3.29. The largest absolute Gasteiger partial charge is 0.371 e. The van der Waals surface area contributed by atoms with Crippen LogP contribution in [0.3, 0.4) is 0 Å². The van der Waals surface area contributed by atoms with Crippen molar-refractivity contribution in [2.24, 2.45) is 5.92 Å². The summed E-state index contributed by atoms with van der Waals surface area (Å²) < 4.78 is 0. The standard InChI is InChI=1S/C17H23ClN2O.C5H11NO/c1-3-4-5-17(19-13(2)21)14-10-11-20(12-14)16-8-6-15(18)7-9-16;1-5(2,3)6-4-7/h3,6-9,14,17H,1,4-5,10-12H2,2H3,(H,19,21);4H,1-3H3,(H,6,7). The van der Waals surface area contributed by atoms with Crippen LogP contribution in [0.1, 0.15) is 47.0 Å². The summed E-state index contributed by atoms with van der Waals surface area (Å²) in [5.74, 6) is 0.540. The lowest BCUT2D eigenvalue weighted by molar-refractivity contribution is -0.120. The van der Waals surface area contributed by atoms with Crippen molar-refractivity contribution in [3.8, 4) is 0 Å². The predicted molar refractivity (Wildman–Crippen MR) is 118 cm³/mol. The van der Waals surface area contributed by atoms with E-state index in [-0.39, 0.29) is 17.5 Å². The maximum Gasteiger partial charge on any atom is 0.217 e. The molecule has 1 aromatic rings. The second-order valence-electron chi connectivity index (χ2n) is 8.16. The van der Waals surface area contributed by atoms with Crippen molar-refractivity contribution in [2.45, 2.75) is 58.5 Å². The van der Waals surface area contributed by atoms with Crippen LogP contribution in [0.15, 0.2) is 36.9 Å². The minimum atomic E-state index is -0.0677. The van der Waals surface area contributed by atoms with Crippen molar-refractivity contribution < 1.29 is 9.59 Å². The number of carbonyl (C=O) groups is 2. The summed E-state index contributed by atoms with van der Waals surface area (Å²) in [7, 11) is 0. The maximum atomic E-state index is 11.4. The molecule has 1 saturated heterocycles. The Hall–Kier alpha value is -2.01. The second-order valence-corrected chi connectivity index (χ2v) is 8.59. The van der Waals surface area contributed by atoms with Crippen LogP contribution in [0.4, 0.5) is 5.69 Å². The number of nitrogens with zero attached hydrogens (tertiary/aromatic N) is 1. The Bertz CT molecular complexity index is 626. The average Bonchev–Trinajstić information content (AvgIpc) is 3.08. The zero-order chi connectivity index (χ0) is 21.2. The molecule has 1 aromatic carbocycles. The van der Waals surface area contributed by atoms with E-state index in [0.717, 1.165) is 37.4 Å². The molecule has 0 radical (unpaired) electrons. The summed E-state index contributed by atoms with van der Waals surface area (Å²) in [6.07, 6.45) is 5.62. The fraction of sp³-hybridized carbons (Fsp3) is 0.545. The third-order valence-corrected chi connectivity index (χ3v) is 4.80. The van der Waals surface area contributed by atoms with Gasteiger partial charge in [-0.3, -0.25) is 9.59 Å². The van der Waals surface area contributed by atoms with Gasteiger partial charge in [0.05, 0.1) is 0 Å². The summed E-state index contributed by atoms with van der Waals surface area (Å²) in [5, 5.41) is 6.47. The predicted octanol–water partition coefficient (Wildman–Crippen LogP) is 4.17. The summed E-state index contributed by atoms with van der Waals surface area (Å²) in [6.45, 7) is 13.2. The number of amides is 2. The van der Waals surface area contributed by atoms with Crippen molar-refractivity contribution >= 4 is 29.6 Å². The molecule has 2 atom stereocenters. The molecule has 1 aliphatic rings. The van der Waals surface area contributed by atoms with Gasteiger partial charge in [-0.15, -0.1) is 6.58 Å². The molecule has 156 valence electrons. The minimum absolute atomic E-state index is 0.0500. The molecule has 1 heterocycles. The molecule has 0 aliphatic carbocycles. The number of halogens is 1. The van der Waals surface area contributed by atoms with Crippen molar-refractivity contribution in [3.05, 3.63) is 41.9 Å². The average molecular weight is 408 g/mol. The lowest BCUT2D eigenvalue weighted by Gasteiger charge is -2.25. The molecule has 2 rings (SSSR count). The zero-order valence-electron chi connectivity index (χ0n) is 17.5. The van der Waals surface area contributed by atoms with E-state index in [0.29, 0.717) is 12.3 Å². The number of hydrogen-bond donors (Lipinski definition) is 2. The highest BCUT2D eigenvalue weighted by atomic mass is 35.5. The Morgan fingerprint density at radius 2 is 2.00 bits per heavy atom. The number of anilines is 1. The molecule has 2 N–H and O–H groups in total. The van der Waals surface area contributed by atoms with E-state index < -0.39 is 0 Å². The third-order valence-electron chi connectivity index (χ3n) is 4.55. The second kappa shape index (κ2) is 11.7. The topological polar surface area (TPSA) is 61.4 Å². The van der Waals surface area contributed by atoms with Crippen LogP contribution in [-0.4, -0.2) is 37.0 Å². The van der Waals surface area contributed by atoms with E-state index in [1.165, 1.54) is 5.69 Å². The lowest BCUT2D eigenvalue weighted by Crippen LogP contribution is -2.40. The van der Waals surface area contributed by atoms with Crippen LogP contribution in [-0.2, 0) is 9.59 Å². The van der Waals surface area contributed by atoms with E-state index >= 15 is 0 Å². The van der Waals surface area contributed by atoms with Gasteiger partial charge in [-0.25, -0.2) is 0 Å². The number of rotatable bonds is 7. The zero-order valence-corrected chi connectivity index (χ0v) is 18.3. The molecule has 28 heavy (non-hydrogen) atoms. The molecule has 1 aliphatic heterocycles. The van der Waals surface area contributed by atoms with Crippen LogP contribution < -0.4 is 15.5 Å². The van der Waals surface area contributed by atoms with Gasteiger partial charge < -0.3 is 15.5 Å². The van der Waals surface area contributed by atoms with Crippen molar-refractivity contribution in [1.29, 1.82) is 0 Å². The molecule has 0 aromatic heterocycles. The summed E-state index contributed by atoms with van der Waals surface area (Å²) in [5.41, 5.74) is 1.13. The summed E-state index contributed by atoms with van der Waals surface area (Å²) >= 11 is 5.94. The van der Waals surface area contributed by atoms with Gasteiger partial charge in [-0.1, -0.05) is 17.7 Å². The number of hydrogen-bond acceptors (Lipinski definition) is 3. The number of allylic oxidation sites excluding steroid dienone is 1. The number of benzene rings is 1. The SMILES string of the molecule is C=CCCC(NC(C)=O)C1CCN(c2ccc(Cl)cc2)C1.CC(C)(C)NC=O. The Labute approximate surface area is 174 Å². The van der Waals surface area contributed by atoms with Crippen LogP contribution in [0, 0.1) is 5.92 Å². The Morgan fingerprint density at radius 1 is 1.36 bits per heavy atom. The highest BCUT2D eigenvalue weighted by Crippen LogP contribution is 2.28. The van der Waals surface area contributed by atoms with Crippen molar-refractivity contribution in [1.82, 2.24) is 10.6 Å². The Kier molecular flexibility index (Phi) is 10.1. The smallest absolute Gasteiger partial charge is 0.217 e. The first-order valence-electron chi connectivity index (χ1n) is 9.76. The quantitative estimate of drug-likeness (QED) is 0.526. The van der Waals surface area contributed by atoms with E-state index in [2.05, 4.69) is 34.2 Å². The van der Waals surface area contributed by atoms with Gasteiger partial charge in [-0.05, 0) is 70.2 Å². The van der Waals surface area contributed by atoms with Gasteiger partial charge in [0.2, 0.25) is 12.3 Å². The lowest BCUT2D eigenvalue weighted by atomic mass is 9.94. The van der Waals surface area contributed by atoms with Gasteiger partial charge in [0.25, 0.3) is 0 Å². The molecule has 0 spiro atoms. The maximum absolute atomic E-state index is 11.4. The number of nitrogens with one attached hydrogen (secondary N) is 2. The molecule has 5 nitrogen and oxygen atoms in total. The minimum Gasteiger partial charge on any atom is -0.371 e. The van der Waals surface area contributed by atoms with E-state index in [9.17, 15) is 9.59 Å². The van der Waals surface area contributed by atoms with E-state index in [1.54, 1.807) is 6.92 Å². The molecule has 6 heteroatoms. The molecule has 1 fully saturated rings. The first-order chi connectivity index (χ1) is 13.2. The summed E-state index contributed by atoms with van der Waals surface area (Å²) in [4.78, 5) is 23.5. The Morgan fingerprint density at radius 3 is 2.46 bits per heavy atom. The van der Waals surface area contributed by atoms with Crippen molar-refractivity contribution in [2.75, 3.05) is 18.0 Å². The van der Waals surface area contributed by atoms with Gasteiger partial charge >= 0.3 is 0 Å². The van der Waals surface area contributed by atoms with E-state index in [1.807, 2.05) is 39.0 Å². The highest BCUT2D eigenvalue weighted by molar-refractivity contribution is 6.30. The van der Waals surface area contributed by atoms with Crippen LogP contribution in [0.25, 0.3) is 0 Å². The van der Waals surface area contributed by atoms with Crippen LogP contribution in [0.5, 0.6) is 0 Å². The molecular weight excluding hydrogens is 374 g/mol. The summed E-state index contributed by atoms with van der Waals surface area (Å²) in [6, 6.07) is 8.20. The molecular formula is C22H34ClN3O2. The van der Waals surface area contributed by atoms with Gasteiger partial charge in [0, 0.05) is 42.3 Å². The monoisotopic (exact) mass is 407 g/mol. The highest BCUT2D eigenvalue weighted by Gasteiger charge is 2.29. The normalized spacial score (nSPS) is 17.2. The molecule has 0 saturated carbocycles. The van der Waals surface area contributed by atoms with E-state index in [4.69, 9.17) is 11.6 Å². The molecule has 0 bridgehead atoms. The van der Waals surface area contributed by atoms with Gasteiger partial charge in [0.15, 0.2) is 0 Å². The molecule has 2 amide bonds. The fourth-order valence-electron chi connectivity index (χ4n) is 3.16. The molecule has 2 unspecified atom stereocenters. The Balaban J connectivity index is 0.000000480. The van der Waals surface area contributed by atoms with Crippen molar-refractivity contribution in [3.63, 3.8) is 0 Å². The van der Waals surface area contributed by atoms with Crippen LogP contribution >= 0.6 is 11.6 Å². The van der Waals surface area contributed by atoms with Crippen LogP contribution in [0.2, 0.25) is 5.02 Å². The first-order valence-corrected chi connectivity index (χ1v) is 10.1. The third kappa shape index (κ3) is 9.27. The van der Waals surface area contributed by atoms with Gasteiger partial charge in [0.1, 0.15) is 0 Å². The first kappa shape index (κ1) is 24.0. The van der Waals surface area contributed by atoms with Gasteiger partial charge in [-0.2, -0.15) is 0 Å². The number of carbonyl (C=O) groups excluding carboxylic acids is 2.